The van der Waals surface area contributed by atoms with Crippen molar-refractivity contribution in [1.82, 2.24) is 0 Å². The molecule has 0 spiro atoms. The number of hydrogen-bond acceptors (Lipinski definition) is 4. The van der Waals surface area contributed by atoms with Crippen LogP contribution in [-0.4, -0.2) is 40.4 Å². The van der Waals surface area contributed by atoms with Crippen LogP contribution in [0.4, 0.5) is 0 Å². The fourth-order valence-corrected chi connectivity index (χ4v) is 6.49. The minimum absolute atomic E-state index is 0.0660. The Kier molecular flexibility index (Phi) is 4.26. The molecule has 2 N–H and O–H groups in total. The van der Waals surface area contributed by atoms with Gasteiger partial charge in [0, 0.05) is 24.4 Å². The second kappa shape index (κ2) is 5.65. The quantitative estimate of drug-likeness (QED) is 0.778. The van der Waals surface area contributed by atoms with E-state index < -0.39 is 11.2 Å². The molecule has 6 atom stereocenters. The van der Waals surface area contributed by atoms with Gasteiger partial charge in [0.1, 0.15) is 11.4 Å². The number of Topliss-reactive ketones (excluding diaryl/α,β-unsaturated/α-hetero) is 1. The van der Waals surface area contributed by atoms with Gasteiger partial charge in [-0.2, -0.15) is 0 Å². The Morgan fingerprint density at radius 3 is 2.50 bits per heavy atom. The summed E-state index contributed by atoms with van der Waals surface area (Å²) in [7, 11) is 0. The summed E-state index contributed by atoms with van der Waals surface area (Å²) in [6.45, 7) is 10.2. The van der Waals surface area contributed by atoms with Crippen molar-refractivity contribution < 1.29 is 19.7 Å². The lowest BCUT2D eigenvalue weighted by Crippen LogP contribution is -2.67. The molecule has 24 heavy (non-hydrogen) atoms. The molecule has 136 valence electrons. The average molecular weight is 336 g/mol. The van der Waals surface area contributed by atoms with Crippen molar-refractivity contribution in [2.24, 2.45) is 22.7 Å². The molecule has 2 saturated carbocycles. The zero-order valence-electron chi connectivity index (χ0n) is 15.3. The lowest BCUT2D eigenvalue weighted by atomic mass is 9.43. The van der Waals surface area contributed by atoms with Crippen molar-refractivity contribution in [3.63, 3.8) is 0 Å². The van der Waals surface area contributed by atoms with Crippen LogP contribution < -0.4 is 0 Å². The minimum Gasteiger partial charge on any atom is -0.396 e. The molecule has 2 aliphatic carbocycles. The maximum Gasteiger partial charge on any atom is 0.140 e. The Hall–Kier alpha value is -0.710. The van der Waals surface area contributed by atoms with Crippen LogP contribution in [0.1, 0.15) is 59.3 Å². The Balaban J connectivity index is 2.02. The largest absolute Gasteiger partial charge is 0.396 e. The maximum atomic E-state index is 13.2. The van der Waals surface area contributed by atoms with Crippen LogP contribution in [0.15, 0.2) is 12.7 Å². The molecule has 1 aliphatic heterocycles. The SMILES string of the molecule is C=C[C@]1(CO)CCC2[C@]3(C)CCC[C@](C)(CO)C3C(=O)C[C@]2(C)O1. The zero-order valence-corrected chi connectivity index (χ0v) is 15.3. The summed E-state index contributed by atoms with van der Waals surface area (Å²) >= 11 is 0. The summed E-state index contributed by atoms with van der Waals surface area (Å²) in [5.74, 6) is 0.375. The van der Waals surface area contributed by atoms with Crippen LogP contribution in [0.25, 0.3) is 0 Å². The first-order valence-corrected chi connectivity index (χ1v) is 9.27. The third kappa shape index (κ3) is 2.33. The van der Waals surface area contributed by atoms with Crippen LogP contribution in [0.2, 0.25) is 0 Å². The van der Waals surface area contributed by atoms with Gasteiger partial charge in [-0.3, -0.25) is 4.79 Å². The van der Waals surface area contributed by atoms with Gasteiger partial charge in [-0.25, -0.2) is 0 Å². The Morgan fingerprint density at radius 1 is 1.21 bits per heavy atom. The number of ether oxygens (including phenoxy) is 1. The standard InChI is InChI=1S/C20H32O4/c1-5-20(13-22)10-7-15-18(3)9-6-8-17(2,12-21)16(18)14(23)11-19(15,4)24-20/h5,15-16,21-22H,1,6-13H2,2-4H3/t15?,16?,17-,18+,19+,20-/m1/s1. The molecule has 1 heterocycles. The van der Waals surface area contributed by atoms with E-state index in [0.717, 1.165) is 32.1 Å². The van der Waals surface area contributed by atoms with Gasteiger partial charge in [0.25, 0.3) is 0 Å². The molecule has 0 amide bonds. The summed E-state index contributed by atoms with van der Waals surface area (Å²) in [5, 5.41) is 19.8. The van der Waals surface area contributed by atoms with Crippen molar-refractivity contribution in [1.29, 1.82) is 0 Å². The van der Waals surface area contributed by atoms with E-state index in [2.05, 4.69) is 20.4 Å². The molecule has 3 fully saturated rings. The lowest BCUT2D eigenvalue weighted by molar-refractivity contribution is -0.256. The Bertz CT molecular complexity index is 546. The number of aliphatic hydroxyl groups is 2. The predicted molar refractivity (Wildman–Crippen MR) is 92.5 cm³/mol. The van der Waals surface area contributed by atoms with Gasteiger partial charge < -0.3 is 14.9 Å². The predicted octanol–water partition coefficient (Wildman–Crippen LogP) is 2.87. The monoisotopic (exact) mass is 336 g/mol. The first-order chi connectivity index (χ1) is 11.2. The molecule has 3 rings (SSSR count). The fraction of sp³-hybridized carbons (Fsp3) is 0.850. The summed E-state index contributed by atoms with van der Waals surface area (Å²) in [5.41, 5.74) is -1.77. The number of rotatable bonds is 3. The van der Waals surface area contributed by atoms with Gasteiger partial charge in [-0.15, -0.1) is 6.58 Å². The third-order valence-corrected chi connectivity index (χ3v) is 7.49. The van der Waals surface area contributed by atoms with E-state index in [1.54, 1.807) is 6.08 Å². The number of ketones is 1. The van der Waals surface area contributed by atoms with E-state index in [0.29, 0.717) is 6.42 Å². The normalized spacial score (nSPS) is 51.6. The van der Waals surface area contributed by atoms with E-state index in [9.17, 15) is 15.0 Å². The van der Waals surface area contributed by atoms with Crippen LogP contribution in [-0.2, 0) is 9.53 Å². The lowest BCUT2D eigenvalue weighted by Gasteiger charge is -2.64. The molecule has 0 aromatic heterocycles. The summed E-state index contributed by atoms with van der Waals surface area (Å²) < 4.78 is 6.40. The molecule has 4 heteroatoms. The molecular formula is C20H32O4. The molecule has 4 nitrogen and oxygen atoms in total. The maximum absolute atomic E-state index is 13.2. The van der Waals surface area contributed by atoms with Crippen molar-refractivity contribution in [2.45, 2.75) is 70.5 Å². The Morgan fingerprint density at radius 2 is 1.92 bits per heavy atom. The minimum atomic E-state index is -0.732. The number of carbonyl (C=O) groups excluding carboxylic acids is 1. The van der Waals surface area contributed by atoms with E-state index >= 15 is 0 Å². The molecular weight excluding hydrogens is 304 g/mol. The smallest absolute Gasteiger partial charge is 0.140 e. The highest BCUT2D eigenvalue weighted by atomic mass is 16.5. The first kappa shape index (κ1) is 18.1. The molecule has 0 aromatic rings. The van der Waals surface area contributed by atoms with Gasteiger partial charge in [0.05, 0.1) is 12.2 Å². The van der Waals surface area contributed by atoms with Crippen LogP contribution in [0, 0.1) is 22.7 Å². The number of carbonyl (C=O) groups is 1. The molecule has 3 aliphatic rings. The van der Waals surface area contributed by atoms with E-state index in [1.165, 1.54) is 0 Å². The number of aliphatic hydroxyl groups excluding tert-OH is 2. The summed E-state index contributed by atoms with van der Waals surface area (Å²) in [6, 6.07) is 0. The van der Waals surface area contributed by atoms with Gasteiger partial charge in [0.15, 0.2) is 0 Å². The van der Waals surface area contributed by atoms with Crippen molar-refractivity contribution >= 4 is 5.78 Å². The fourth-order valence-electron chi connectivity index (χ4n) is 6.49. The van der Waals surface area contributed by atoms with Crippen LogP contribution in [0.3, 0.4) is 0 Å². The van der Waals surface area contributed by atoms with Crippen molar-refractivity contribution in [3.8, 4) is 0 Å². The van der Waals surface area contributed by atoms with Crippen molar-refractivity contribution in [3.05, 3.63) is 12.7 Å². The highest BCUT2D eigenvalue weighted by Crippen LogP contribution is 2.64. The highest BCUT2D eigenvalue weighted by Gasteiger charge is 2.65. The van der Waals surface area contributed by atoms with E-state index in [-0.39, 0.29) is 41.7 Å². The Labute approximate surface area is 145 Å². The van der Waals surface area contributed by atoms with E-state index in [1.807, 2.05) is 6.92 Å². The second-order valence-electron chi connectivity index (χ2n) is 9.18. The summed E-state index contributed by atoms with van der Waals surface area (Å²) in [4.78, 5) is 13.2. The van der Waals surface area contributed by atoms with E-state index in [4.69, 9.17) is 4.74 Å². The average Bonchev–Trinajstić information content (AvgIpc) is 2.53. The van der Waals surface area contributed by atoms with Gasteiger partial charge in [-0.05, 0) is 43.9 Å². The third-order valence-electron chi connectivity index (χ3n) is 7.49. The molecule has 0 bridgehead atoms. The van der Waals surface area contributed by atoms with Gasteiger partial charge >= 0.3 is 0 Å². The molecule has 1 saturated heterocycles. The van der Waals surface area contributed by atoms with Gasteiger partial charge in [-0.1, -0.05) is 26.3 Å². The zero-order chi connectivity index (χ0) is 17.8. The molecule has 2 unspecified atom stereocenters. The number of hydrogen-bond donors (Lipinski definition) is 2. The second-order valence-corrected chi connectivity index (χ2v) is 9.18. The van der Waals surface area contributed by atoms with Gasteiger partial charge in [0.2, 0.25) is 0 Å². The number of fused-ring (bicyclic) bond motifs is 3. The van der Waals surface area contributed by atoms with Crippen LogP contribution >= 0.6 is 0 Å². The first-order valence-electron chi connectivity index (χ1n) is 9.27. The highest BCUT2D eigenvalue weighted by molar-refractivity contribution is 5.85. The van der Waals surface area contributed by atoms with Crippen molar-refractivity contribution in [2.75, 3.05) is 13.2 Å². The summed E-state index contributed by atoms with van der Waals surface area (Å²) in [6.07, 6.45) is 6.67. The molecule has 0 radical (unpaired) electrons. The topological polar surface area (TPSA) is 66.8 Å². The molecule has 0 aromatic carbocycles. The van der Waals surface area contributed by atoms with Crippen LogP contribution in [0.5, 0.6) is 0 Å².